The van der Waals surface area contributed by atoms with Crippen molar-refractivity contribution < 1.29 is 19.1 Å². The average molecular weight is 321 g/mol. The molecule has 1 aromatic carbocycles. The van der Waals surface area contributed by atoms with Crippen LogP contribution in [0.3, 0.4) is 0 Å². The molecule has 1 aromatic rings. The Kier molecular flexibility index (Phi) is 6.83. The summed E-state index contributed by atoms with van der Waals surface area (Å²) in [5.74, 6) is -0.577. The molecule has 1 aliphatic heterocycles. The highest BCUT2D eigenvalue weighted by atomic mass is 16.5. The van der Waals surface area contributed by atoms with Crippen molar-refractivity contribution in [1.29, 1.82) is 0 Å². The van der Waals surface area contributed by atoms with Crippen LogP contribution < -0.4 is 15.4 Å². The molecule has 0 unspecified atom stereocenters. The van der Waals surface area contributed by atoms with Crippen LogP contribution in [0.5, 0.6) is 5.75 Å². The quantitative estimate of drug-likeness (QED) is 0.707. The third-order valence-electron chi connectivity index (χ3n) is 3.66. The summed E-state index contributed by atoms with van der Waals surface area (Å²) in [7, 11) is 1.57. The molecule has 0 atom stereocenters. The summed E-state index contributed by atoms with van der Waals surface area (Å²) in [4.78, 5) is 25.8. The van der Waals surface area contributed by atoms with Crippen LogP contribution >= 0.6 is 0 Å². The Bertz CT molecular complexity index is 530. The minimum atomic E-state index is -0.641. The predicted octanol–water partition coefficient (Wildman–Crippen LogP) is -0.240. The molecule has 23 heavy (non-hydrogen) atoms. The van der Waals surface area contributed by atoms with Crippen molar-refractivity contribution in [1.82, 2.24) is 15.5 Å². The number of carbonyl (C=O) groups excluding carboxylic acids is 2. The van der Waals surface area contributed by atoms with Crippen LogP contribution in [0.4, 0.5) is 0 Å². The van der Waals surface area contributed by atoms with Gasteiger partial charge < -0.3 is 20.1 Å². The fourth-order valence-electron chi connectivity index (χ4n) is 2.34. The summed E-state index contributed by atoms with van der Waals surface area (Å²) in [6.45, 7) is 4.56. The van der Waals surface area contributed by atoms with E-state index in [-0.39, 0.29) is 6.54 Å². The standard InChI is InChI=1S/C16H23N3O4/c1-22-14-5-3-2-4-13(14)12-18-16(21)15(20)17-6-7-19-8-10-23-11-9-19/h2-5H,6-12H2,1H3,(H,17,20)(H,18,21). The molecule has 2 N–H and O–H groups in total. The van der Waals surface area contributed by atoms with Crippen molar-refractivity contribution >= 4 is 11.8 Å². The number of morpholine rings is 1. The second kappa shape index (κ2) is 9.12. The van der Waals surface area contributed by atoms with Gasteiger partial charge in [-0.1, -0.05) is 18.2 Å². The molecule has 1 heterocycles. The summed E-state index contributed by atoms with van der Waals surface area (Å²) in [6, 6.07) is 7.36. The number of ether oxygens (including phenoxy) is 2. The number of carbonyl (C=O) groups is 2. The lowest BCUT2D eigenvalue weighted by Gasteiger charge is -2.26. The van der Waals surface area contributed by atoms with Crippen molar-refractivity contribution in [2.45, 2.75) is 6.54 Å². The van der Waals surface area contributed by atoms with E-state index in [1.807, 2.05) is 24.3 Å². The van der Waals surface area contributed by atoms with Gasteiger partial charge in [0.25, 0.3) is 0 Å². The van der Waals surface area contributed by atoms with Gasteiger partial charge in [-0.05, 0) is 6.07 Å². The molecule has 1 aliphatic rings. The molecule has 0 bridgehead atoms. The molecule has 0 aliphatic carbocycles. The molecule has 0 radical (unpaired) electrons. The lowest BCUT2D eigenvalue weighted by atomic mass is 10.2. The monoisotopic (exact) mass is 321 g/mol. The highest BCUT2D eigenvalue weighted by Crippen LogP contribution is 2.16. The molecule has 0 saturated carbocycles. The lowest BCUT2D eigenvalue weighted by molar-refractivity contribution is -0.139. The molecule has 7 heteroatoms. The summed E-state index contributed by atoms with van der Waals surface area (Å²) in [5.41, 5.74) is 0.824. The maximum Gasteiger partial charge on any atom is 0.309 e. The Morgan fingerprint density at radius 1 is 1.17 bits per heavy atom. The van der Waals surface area contributed by atoms with E-state index in [0.717, 1.165) is 25.2 Å². The fraction of sp³-hybridized carbons (Fsp3) is 0.500. The van der Waals surface area contributed by atoms with Gasteiger partial charge in [0, 0.05) is 38.3 Å². The largest absolute Gasteiger partial charge is 0.496 e. The zero-order valence-corrected chi connectivity index (χ0v) is 13.3. The van der Waals surface area contributed by atoms with Gasteiger partial charge in [-0.15, -0.1) is 0 Å². The van der Waals surface area contributed by atoms with E-state index in [4.69, 9.17) is 9.47 Å². The Morgan fingerprint density at radius 3 is 2.61 bits per heavy atom. The van der Waals surface area contributed by atoms with Crippen LogP contribution in [-0.2, 0) is 20.9 Å². The number of methoxy groups -OCH3 is 1. The van der Waals surface area contributed by atoms with Crippen molar-refractivity contribution in [2.75, 3.05) is 46.5 Å². The zero-order valence-electron chi connectivity index (χ0n) is 13.3. The molecular formula is C16H23N3O4. The highest BCUT2D eigenvalue weighted by molar-refractivity contribution is 6.35. The SMILES string of the molecule is COc1ccccc1CNC(=O)C(=O)NCCN1CCOCC1. The topological polar surface area (TPSA) is 79.9 Å². The van der Waals surface area contributed by atoms with Gasteiger partial charge in [0.15, 0.2) is 0 Å². The van der Waals surface area contributed by atoms with E-state index in [1.165, 1.54) is 0 Å². The van der Waals surface area contributed by atoms with Gasteiger partial charge in [0.05, 0.1) is 20.3 Å². The van der Waals surface area contributed by atoms with E-state index in [1.54, 1.807) is 7.11 Å². The van der Waals surface area contributed by atoms with E-state index in [2.05, 4.69) is 15.5 Å². The molecule has 7 nitrogen and oxygen atoms in total. The number of benzene rings is 1. The maximum absolute atomic E-state index is 11.8. The van der Waals surface area contributed by atoms with Gasteiger partial charge >= 0.3 is 11.8 Å². The van der Waals surface area contributed by atoms with Crippen LogP contribution in [0.1, 0.15) is 5.56 Å². The van der Waals surface area contributed by atoms with E-state index < -0.39 is 11.8 Å². The first-order valence-electron chi connectivity index (χ1n) is 7.68. The normalized spacial score (nSPS) is 15.0. The molecule has 0 aromatic heterocycles. The first kappa shape index (κ1) is 17.2. The van der Waals surface area contributed by atoms with Crippen LogP contribution in [0.15, 0.2) is 24.3 Å². The van der Waals surface area contributed by atoms with E-state index in [9.17, 15) is 9.59 Å². The average Bonchev–Trinajstić information content (AvgIpc) is 2.60. The minimum absolute atomic E-state index is 0.250. The summed E-state index contributed by atoms with van der Waals surface area (Å²) < 4.78 is 10.5. The maximum atomic E-state index is 11.8. The Morgan fingerprint density at radius 2 is 1.87 bits per heavy atom. The number of hydrogen-bond donors (Lipinski definition) is 2. The first-order valence-corrected chi connectivity index (χ1v) is 7.68. The first-order chi connectivity index (χ1) is 11.2. The van der Waals surface area contributed by atoms with Gasteiger partial charge in [0.1, 0.15) is 5.75 Å². The fourth-order valence-corrected chi connectivity index (χ4v) is 2.34. The van der Waals surface area contributed by atoms with Gasteiger partial charge in [0.2, 0.25) is 0 Å². The summed E-state index contributed by atoms with van der Waals surface area (Å²) in [5, 5.41) is 5.23. The molecule has 2 rings (SSSR count). The molecule has 1 saturated heterocycles. The van der Waals surface area contributed by atoms with E-state index >= 15 is 0 Å². The number of para-hydroxylation sites is 1. The van der Waals surface area contributed by atoms with Crippen molar-refractivity contribution in [3.05, 3.63) is 29.8 Å². The Balaban J connectivity index is 1.69. The smallest absolute Gasteiger partial charge is 0.309 e. The number of nitrogens with one attached hydrogen (secondary N) is 2. The Hall–Kier alpha value is -2.12. The summed E-state index contributed by atoms with van der Waals surface area (Å²) >= 11 is 0. The van der Waals surface area contributed by atoms with Crippen LogP contribution in [0.25, 0.3) is 0 Å². The number of rotatable bonds is 6. The molecular weight excluding hydrogens is 298 g/mol. The second-order valence-corrected chi connectivity index (χ2v) is 5.20. The van der Waals surface area contributed by atoms with Gasteiger partial charge in [-0.3, -0.25) is 14.5 Å². The lowest BCUT2D eigenvalue weighted by Crippen LogP contribution is -2.44. The second-order valence-electron chi connectivity index (χ2n) is 5.20. The number of amides is 2. The predicted molar refractivity (Wildman–Crippen MR) is 85.1 cm³/mol. The summed E-state index contributed by atoms with van der Waals surface area (Å²) in [6.07, 6.45) is 0. The highest BCUT2D eigenvalue weighted by Gasteiger charge is 2.15. The minimum Gasteiger partial charge on any atom is -0.496 e. The van der Waals surface area contributed by atoms with Crippen LogP contribution in [-0.4, -0.2) is 63.2 Å². The Labute approximate surface area is 135 Å². The van der Waals surface area contributed by atoms with Gasteiger partial charge in [-0.2, -0.15) is 0 Å². The van der Waals surface area contributed by atoms with E-state index in [0.29, 0.717) is 25.5 Å². The molecule has 0 spiro atoms. The molecule has 126 valence electrons. The third-order valence-corrected chi connectivity index (χ3v) is 3.66. The zero-order chi connectivity index (χ0) is 16.5. The molecule has 1 fully saturated rings. The van der Waals surface area contributed by atoms with Gasteiger partial charge in [-0.25, -0.2) is 0 Å². The number of nitrogens with zero attached hydrogens (tertiary/aromatic N) is 1. The van der Waals surface area contributed by atoms with Crippen molar-refractivity contribution in [2.24, 2.45) is 0 Å². The third kappa shape index (κ3) is 5.54. The van der Waals surface area contributed by atoms with Crippen molar-refractivity contribution in [3.63, 3.8) is 0 Å². The molecule has 2 amide bonds. The van der Waals surface area contributed by atoms with Crippen LogP contribution in [0, 0.1) is 0 Å². The van der Waals surface area contributed by atoms with Crippen molar-refractivity contribution in [3.8, 4) is 5.75 Å². The van der Waals surface area contributed by atoms with Crippen LogP contribution in [0.2, 0.25) is 0 Å². The number of hydrogen-bond acceptors (Lipinski definition) is 5.